The number of unbranched alkanes of at least 4 members (excludes halogenated alkanes) is 34. The topological polar surface area (TPSA) is 61.8 Å². The van der Waals surface area contributed by atoms with E-state index in [0.29, 0.717) is 19.4 Å². The van der Waals surface area contributed by atoms with Gasteiger partial charge in [-0.3, -0.25) is 9.59 Å². The van der Waals surface area contributed by atoms with Crippen molar-refractivity contribution < 1.29 is 23.8 Å². The fourth-order valence-corrected chi connectivity index (χ4v) is 8.01. The minimum absolute atomic E-state index is 0.0794. The Bertz CT molecular complexity index is 986. The number of allylic oxidation sites excluding steroid dienone is 6. The lowest BCUT2D eigenvalue weighted by Crippen LogP contribution is -2.30. The third-order valence-electron chi connectivity index (χ3n) is 12.1. The van der Waals surface area contributed by atoms with Crippen LogP contribution < -0.4 is 0 Å². The molecule has 0 aromatic heterocycles. The molecule has 0 bridgehead atoms. The van der Waals surface area contributed by atoms with Crippen LogP contribution >= 0.6 is 0 Å². The van der Waals surface area contributed by atoms with Crippen molar-refractivity contribution >= 4 is 11.9 Å². The maximum Gasteiger partial charge on any atom is 0.306 e. The number of ether oxygens (including phenoxy) is 3. The zero-order valence-corrected chi connectivity index (χ0v) is 41.9. The zero-order chi connectivity index (χ0) is 44.9. The summed E-state index contributed by atoms with van der Waals surface area (Å²) >= 11 is 0. The second kappa shape index (κ2) is 53.5. The first-order valence-corrected chi connectivity index (χ1v) is 27.5. The molecule has 0 rings (SSSR count). The third kappa shape index (κ3) is 50.8. The number of hydrogen-bond acceptors (Lipinski definition) is 5. The summed E-state index contributed by atoms with van der Waals surface area (Å²) in [5.41, 5.74) is 0. The molecule has 0 fully saturated rings. The Morgan fingerprint density at radius 3 is 1.13 bits per heavy atom. The summed E-state index contributed by atoms with van der Waals surface area (Å²) in [6, 6.07) is 0. The van der Waals surface area contributed by atoms with Crippen LogP contribution in [-0.2, 0) is 23.8 Å². The molecule has 5 nitrogen and oxygen atoms in total. The SMILES string of the molecule is CCCCC/C=C\C/C=C\CCCCCCCC(=O)OCC(COCCCCCCCCCCCCCCCCCCCC)OC(=O)CCCCCCC/C=C\CCCCCC. The highest BCUT2D eigenvalue weighted by Crippen LogP contribution is 2.16. The van der Waals surface area contributed by atoms with Crippen LogP contribution in [-0.4, -0.2) is 37.9 Å². The predicted molar refractivity (Wildman–Crippen MR) is 270 cm³/mol. The summed E-state index contributed by atoms with van der Waals surface area (Å²) in [4.78, 5) is 25.4. The summed E-state index contributed by atoms with van der Waals surface area (Å²) in [6.07, 6.45) is 64.4. The average molecular weight is 871 g/mol. The Kier molecular flexibility index (Phi) is 51.8. The monoisotopic (exact) mass is 871 g/mol. The molecule has 0 aromatic rings. The van der Waals surface area contributed by atoms with E-state index >= 15 is 0 Å². The lowest BCUT2D eigenvalue weighted by molar-refractivity contribution is -0.163. The van der Waals surface area contributed by atoms with Crippen LogP contribution in [0.2, 0.25) is 0 Å². The quantitative estimate of drug-likeness (QED) is 0.0346. The van der Waals surface area contributed by atoms with Gasteiger partial charge in [-0.2, -0.15) is 0 Å². The van der Waals surface area contributed by atoms with Crippen molar-refractivity contribution in [2.75, 3.05) is 19.8 Å². The van der Waals surface area contributed by atoms with Gasteiger partial charge < -0.3 is 14.2 Å². The number of rotatable bonds is 51. The van der Waals surface area contributed by atoms with Crippen molar-refractivity contribution in [1.82, 2.24) is 0 Å². The van der Waals surface area contributed by atoms with Gasteiger partial charge in [0.05, 0.1) is 6.61 Å². The third-order valence-corrected chi connectivity index (χ3v) is 12.1. The van der Waals surface area contributed by atoms with E-state index in [1.54, 1.807) is 0 Å². The molecule has 0 aromatic carbocycles. The van der Waals surface area contributed by atoms with E-state index in [4.69, 9.17) is 14.2 Å². The molecule has 0 aliphatic rings. The van der Waals surface area contributed by atoms with E-state index in [-0.39, 0.29) is 25.2 Å². The number of esters is 2. The van der Waals surface area contributed by atoms with Gasteiger partial charge >= 0.3 is 11.9 Å². The molecule has 0 saturated heterocycles. The van der Waals surface area contributed by atoms with Crippen LogP contribution in [0, 0.1) is 0 Å². The lowest BCUT2D eigenvalue weighted by atomic mass is 10.0. The van der Waals surface area contributed by atoms with E-state index < -0.39 is 6.10 Å². The number of hydrogen-bond donors (Lipinski definition) is 0. The molecule has 1 unspecified atom stereocenters. The van der Waals surface area contributed by atoms with Gasteiger partial charge in [-0.15, -0.1) is 0 Å². The normalized spacial score (nSPS) is 12.4. The Labute approximate surface area is 387 Å². The van der Waals surface area contributed by atoms with Crippen LogP contribution in [0.4, 0.5) is 0 Å². The van der Waals surface area contributed by atoms with Gasteiger partial charge in [0, 0.05) is 19.4 Å². The molecule has 0 aliphatic carbocycles. The van der Waals surface area contributed by atoms with Gasteiger partial charge in [-0.05, 0) is 77.0 Å². The molecule has 0 aliphatic heterocycles. The van der Waals surface area contributed by atoms with Crippen LogP contribution in [0.3, 0.4) is 0 Å². The first kappa shape index (κ1) is 60.1. The Hall–Kier alpha value is -1.88. The summed E-state index contributed by atoms with van der Waals surface area (Å²) in [6.45, 7) is 7.82. The first-order valence-electron chi connectivity index (χ1n) is 27.5. The first-order chi connectivity index (χ1) is 30.6. The van der Waals surface area contributed by atoms with Crippen LogP contribution in [0.15, 0.2) is 36.5 Å². The standard InChI is InChI=1S/C57H106O5/c1-4-7-10-13-16-19-22-25-27-28-29-31-34-37-40-43-46-49-52-60-53-55(62-57(59)51-48-45-42-39-36-32-24-21-18-15-12-9-6-3)54-61-56(58)50-47-44-41-38-35-33-30-26-23-20-17-14-11-8-5-2/h17,20-21,24,26,30,55H,4-16,18-19,22-23,25,27-29,31-54H2,1-3H3/b20-17-,24-21-,30-26-. The maximum absolute atomic E-state index is 12.8. The lowest BCUT2D eigenvalue weighted by Gasteiger charge is -2.18. The highest BCUT2D eigenvalue weighted by molar-refractivity contribution is 5.70. The molecule has 0 saturated carbocycles. The van der Waals surface area contributed by atoms with E-state index in [1.807, 2.05) is 0 Å². The van der Waals surface area contributed by atoms with Gasteiger partial charge in [0.25, 0.3) is 0 Å². The number of carbonyl (C=O) groups excluding carboxylic acids is 2. The number of carbonyl (C=O) groups is 2. The van der Waals surface area contributed by atoms with E-state index in [0.717, 1.165) is 64.2 Å². The van der Waals surface area contributed by atoms with Gasteiger partial charge in [-0.25, -0.2) is 0 Å². The Balaban J connectivity index is 4.24. The van der Waals surface area contributed by atoms with Crippen LogP contribution in [0.1, 0.15) is 290 Å². The molecular formula is C57H106O5. The van der Waals surface area contributed by atoms with Crippen LogP contribution in [0.25, 0.3) is 0 Å². The average Bonchev–Trinajstić information content (AvgIpc) is 3.27. The predicted octanol–water partition coefficient (Wildman–Crippen LogP) is 18.6. The molecule has 364 valence electrons. The highest BCUT2D eigenvalue weighted by atomic mass is 16.6. The minimum Gasteiger partial charge on any atom is -0.462 e. The van der Waals surface area contributed by atoms with Crippen molar-refractivity contribution in [2.45, 2.75) is 297 Å². The van der Waals surface area contributed by atoms with Crippen molar-refractivity contribution in [3.63, 3.8) is 0 Å². The Morgan fingerprint density at radius 1 is 0.355 bits per heavy atom. The summed E-state index contributed by atoms with van der Waals surface area (Å²) in [5, 5.41) is 0. The van der Waals surface area contributed by atoms with Crippen molar-refractivity contribution in [1.29, 1.82) is 0 Å². The second-order valence-electron chi connectivity index (χ2n) is 18.5. The fourth-order valence-electron chi connectivity index (χ4n) is 8.01. The van der Waals surface area contributed by atoms with Gasteiger partial charge in [0.15, 0.2) is 6.10 Å². The molecule has 0 heterocycles. The van der Waals surface area contributed by atoms with E-state index in [9.17, 15) is 9.59 Å². The van der Waals surface area contributed by atoms with E-state index in [2.05, 4.69) is 57.2 Å². The molecule has 0 radical (unpaired) electrons. The fraction of sp³-hybridized carbons (Fsp3) is 0.860. The van der Waals surface area contributed by atoms with Crippen molar-refractivity contribution in [3.05, 3.63) is 36.5 Å². The van der Waals surface area contributed by atoms with Crippen molar-refractivity contribution in [2.24, 2.45) is 0 Å². The highest BCUT2D eigenvalue weighted by Gasteiger charge is 2.17. The largest absolute Gasteiger partial charge is 0.462 e. The smallest absolute Gasteiger partial charge is 0.306 e. The molecule has 0 spiro atoms. The van der Waals surface area contributed by atoms with Gasteiger partial charge in [-0.1, -0.05) is 237 Å². The summed E-state index contributed by atoms with van der Waals surface area (Å²) < 4.78 is 17.4. The summed E-state index contributed by atoms with van der Waals surface area (Å²) in [5.74, 6) is -0.408. The van der Waals surface area contributed by atoms with Gasteiger partial charge in [0.2, 0.25) is 0 Å². The van der Waals surface area contributed by atoms with Crippen molar-refractivity contribution in [3.8, 4) is 0 Å². The molecule has 0 N–H and O–H groups in total. The van der Waals surface area contributed by atoms with Crippen LogP contribution in [0.5, 0.6) is 0 Å². The minimum atomic E-state index is -0.541. The molecule has 5 heteroatoms. The Morgan fingerprint density at radius 2 is 0.677 bits per heavy atom. The molecular weight excluding hydrogens is 765 g/mol. The zero-order valence-electron chi connectivity index (χ0n) is 41.9. The second-order valence-corrected chi connectivity index (χ2v) is 18.5. The molecule has 62 heavy (non-hydrogen) atoms. The molecule has 0 amide bonds. The van der Waals surface area contributed by atoms with Gasteiger partial charge in [0.1, 0.15) is 6.61 Å². The molecule has 1 atom stereocenters. The summed E-state index contributed by atoms with van der Waals surface area (Å²) in [7, 11) is 0. The maximum atomic E-state index is 12.8. The van der Waals surface area contributed by atoms with E-state index in [1.165, 1.54) is 193 Å².